The van der Waals surface area contributed by atoms with Gasteiger partial charge in [-0.3, -0.25) is 19.4 Å². The van der Waals surface area contributed by atoms with Gasteiger partial charge >= 0.3 is 12.2 Å². The van der Waals surface area contributed by atoms with Crippen LogP contribution in [0.1, 0.15) is 76.6 Å². The predicted octanol–water partition coefficient (Wildman–Crippen LogP) is 8.92. The third kappa shape index (κ3) is 12.8. The molecule has 0 unspecified atom stereocenters. The molecule has 0 aromatic heterocycles. The average molecular weight is 817 g/mol. The van der Waals surface area contributed by atoms with Crippen LogP contribution in [0.3, 0.4) is 0 Å². The van der Waals surface area contributed by atoms with Crippen molar-refractivity contribution in [1.82, 2.24) is 9.80 Å². The Morgan fingerprint density at radius 2 is 0.900 bits per heavy atom. The second-order valence-electron chi connectivity index (χ2n) is 17.1. The maximum atomic E-state index is 13.6. The Balaban J connectivity index is 1.03. The van der Waals surface area contributed by atoms with Gasteiger partial charge in [-0.1, -0.05) is 97.1 Å². The first-order valence-electron chi connectivity index (χ1n) is 20.4. The average Bonchev–Trinajstić information content (AvgIpc) is 3.83. The Labute approximate surface area is 352 Å². The maximum Gasteiger partial charge on any atom is 0.410 e. The van der Waals surface area contributed by atoms with E-state index in [9.17, 15) is 19.2 Å². The Morgan fingerprint density at radius 3 is 1.23 bits per heavy atom. The van der Waals surface area contributed by atoms with Crippen molar-refractivity contribution in [3.05, 3.63) is 131 Å². The zero-order valence-corrected chi connectivity index (χ0v) is 35.3. The van der Waals surface area contributed by atoms with Crippen molar-refractivity contribution in [2.24, 2.45) is 0 Å². The lowest BCUT2D eigenvalue weighted by atomic mass is 10.1. The molecule has 2 aliphatic heterocycles. The minimum Gasteiger partial charge on any atom is -0.445 e. The number of hydrogen-bond acceptors (Lipinski definition) is 8. The Bertz CT molecular complexity index is 1940. The van der Waals surface area contributed by atoms with E-state index < -0.39 is 35.5 Å². The van der Waals surface area contributed by atoms with Gasteiger partial charge in [0.25, 0.3) is 0 Å². The van der Waals surface area contributed by atoms with E-state index in [2.05, 4.69) is 10.6 Å². The fraction of sp³-hybridized carbons (Fsp3) is 0.375. The second kappa shape index (κ2) is 19.4. The highest BCUT2D eigenvalue weighted by Gasteiger charge is 2.43. The van der Waals surface area contributed by atoms with Crippen LogP contribution in [0, 0.1) is 0 Å². The van der Waals surface area contributed by atoms with Crippen LogP contribution in [0.5, 0.6) is 0 Å². The van der Waals surface area contributed by atoms with Crippen molar-refractivity contribution >= 4 is 47.5 Å². The van der Waals surface area contributed by atoms with E-state index in [0.29, 0.717) is 24.2 Å². The molecule has 0 aliphatic carbocycles. The number of anilines is 2. The fourth-order valence-electron chi connectivity index (χ4n) is 7.27. The molecule has 2 aliphatic rings. The molecule has 2 fully saturated rings. The van der Waals surface area contributed by atoms with E-state index >= 15 is 0 Å². The minimum absolute atomic E-state index is 0.106. The van der Waals surface area contributed by atoms with Crippen molar-refractivity contribution < 1.29 is 38.1 Å². The van der Waals surface area contributed by atoms with Gasteiger partial charge in [0, 0.05) is 24.2 Å². The van der Waals surface area contributed by atoms with Crippen LogP contribution in [0.25, 0.3) is 12.2 Å². The molecule has 12 nitrogen and oxygen atoms in total. The summed E-state index contributed by atoms with van der Waals surface area (Å²) < 4.78 is 23.5. The van der Waals surface area contributed by atoms with E-state index in [1.165, 1.54) is 9.80 Å². The Morgan fingerprint density at radius 1 is 0.550 bits per heavy atom. The maximum absolute atomic E-state index is 13.6. The summed E-state index contributed by atoms with van der Waals surface area (Å²) in [6, 6.07) is 32.1. The number of amides is 4. The zero-order valence-electron chi connectivity index (χ0n) is 35.3. The molecular formula is C48H56N4O8. The van der Waals surface area contributed by atoms with Crippen LogP contribution >= 0.6 is 0 Å². The molecule has 4 amide bonds. The molecular weight excluding hydrogens is 761 g/mol. The number of ether oxygens (including phenoxy) is 4. The van der Waals surface area contributed by atoms with Gasteiger partial charge in [0.1, 0.15) is 25.3 Å². The molecule has 60 heavy (non-hydrogen) atoms. The Hall–Kier alpha value is -5.98. The van der Waals surface area contributed by atoms with E-state index in [0.717, 1.165) is 22.3 Å². The summed E-state index contributed by atoms with van der Waals surface area (Å²) in [5.74, 6) is -0.632. The topological polar surface area (TPSA) is 136 Å². The van der Waals surface area contributed by atoms with E-state index in [4.69, 9.17) is 18.9 Å². The van der Waals surface area contributed by atoms with Crippen LogP contribution in [0.15, 0.2) is 109 Å². The molecule has 4 atom stereocenters. The van der Waals surface area contributed by atoms with E-state index in [1.54, 1.807) is 0 Å². The van der Waals surface area contributed by atoms with Gasteiger partial charge in [0.15, 0.2) is 0 Å². The van der Waals surface area contributed by atoms with Gasteiger partial charge in [-0.2, -0.15) is 0 Å². The first-order valence-corrected chi connectivity index (χ1v) is 20.4. The number of hydrogen-bond donors (Lipinski definition) is 2. The monoisotopic (exact) mass is 816 g/mol. The molecule has 2 N–H and O–H groups in total. The molecule has 0 bridgehead atoms. The summed E-state index contributed by atoms with van der Waals surface area (Å²) in [5.41, 5.74) is 3.83. The van der Waals surface area contributed by atoms with Crippen molar-refractivity contribution in [2.45, 2.75) is 103 Å². The molecule has 316 valence electrons. The summed E-state index contributed by atoms with van der Waals surface area (Å²) in [7, 11) is 0. The van der Waals surface area contributed by atoms with Crippen LogP contribution in [0.4, 0.5) is 21.0 Å². The summed E-state index contributed by atoms with van der Waals surface area (Å²) in [4.78, 5) is 56.5. The first-order chi connectivity index (χ1) is 28.6. The number of carbonyl (C=O) groups is 4. The lowest BCUT2D eigenvalue weighted by molar-refractivity contribution is -0.120. The van der Waals surface area contributed by atoms with Gasteiger partial charge in [0.2, 0.25) is 11.8 Å². The lowest BCUT2D eigenvalue weighted by Crippen LogP contribution is -2.43. The van der Waals surface area contributed by atoms with Crippen LogP contribution in [0.2, 0.25) is 0 Å². The summed E-state index contributed by atoms with van der Waals surface area (Å²) in [5, 5.41) is 5.93. The normalized spacial score (nSPS) is 19.3. The van der Waals surface area contributed by atoms with E-state index in [1.807, 2.05) is 163 Å². The minimum atomic E-state index is -0.758. The second-order valence-corrected chi connectivity index (χ2v) is 17.1. The van der Waals surface area contributed by atoms with Crippen molar-refractivity contribution in [1.29, 1.82) is 0 Å². The van der Waals surface area contributed by atoms with Gasteiger partial charge in [-0.15, -0.1) is 0 Å². The molecule has 0 spiro atoms. The third-order valence-corrected chi connectivity index (χ3v) is 9.88. The summed E-state index contributed by atoms with van der Waals surface area (Å²) >= 11 is 0. The van der Waals surface area contributed by atoms with Crippen molar-refractivity contribution in [3.8, 4) is 0 Å². The molecule has 6 rings (SSSR count). The number of benzene rings is 4. The van der Waals surface area contributed by atoms with Crippen molar-refractivity contribution in [2.75, 3.05) is 23.7 Å². The predicted molar refractivity (Wildman–Crippen MR) is 232 cm³/mol. The highest BCUT2D eigenvalue weighted by atomic mass is 16.6. The quantitative estimate of drug-likeness (QED) is 0.135. The largest absolute Gasteiger partial charge is 0.445 e. The van der Waals surface area contributed by atoms with Gasteiger partial charge in [-0.25, -0.2) is 9.59 Å². The first kappa shape index (κ1) is 43.6. The standard InChI is InChI=1S/C48H56N4O8/c1-47(2,3)59-39-27-41(51(29-39)45(55)57-31-35-13-9-7-10-14-35)43(53)49-37-23-19-33(20-24-37)17-18-34-21-25-38(26-22-34)50-44(54)42-28-40(60-48(4,5)6)30-52(42)46(56)58-32-36-15-11-8-12-16-36/h7-26,39-42H,27-32H2,1-6H3,(H,49,53)(H,50,54)/b18-17+/t39-,40-,41-,42-/m0/s1. The molecule has 4 aromatic rings. The number of nitrogens with zero attached hydrogens (tertiary/aromatic N) is 2. The summed E-state index contributed by atoms with van der Waals surface area (Å²) in [6.45, 7) is 12.4. The molecule has 0 saturated carbocycles. The lowest BCUT2D eigenvalue weighted by Gasteiger charge is -2.25. The smallest absolute Gasteiger partial charge is 0.410 e. The number of carbonyl (C=O) groups excluding carboxylic acids is 4. The molecule has 2 saturated heterocycles. The molecule has 2 heterocycles. The summed E-state index contributed by atoms with van der Waals surface area (Å²) in [6.07, 6.45) is 2.83. The van der Waals surface area contributed by atoms with Crippen molar-refractivity contribution in [3.63, 3.8) is 0 Å². The van der Waals surface area contributed by atoms with Gasteiger partial charge < -0.3 is 29.6 Å². The number of nitrogens with one attached hydrogen (secondary N) is 2. The highest BCUT2D eigenvalue weighted by Crippen LogP contribution is 2.29. The molecule has 12 heteroatoms. The number of likely N-dealkylation sites (tertiary alicyclic amines) is 2. The van der Waals surface area contributed by atoms with Crippen LogP contribution in [-0.2, 0) is 41.8 Å². The highest BCUT2D eigenvalue weighted by molar-refractivity contribution is 5.98. The van der Waals surface area contributed by atoms with Crippen LogP contribution < -0.4 is 10.6 Å². The SMILES string of the molecule is CC(C)(C)O[C@H]1C[C@@H](C(=O)Nc2ccc(/C=C/c3ccc(NC(=O)[C@@H]4C[C@H](OC(C)(C)C)CN4C(=O)OCc4ccccc4)cc3)cc2)N(C(=O)OCc2ccccc2)C1. The van der Waals surface area contributed by atoms with Gasteiger partial charge in [-0.05, 0) is 88.1 Å². The third-order valence-electron chi connectivity index (χ3n) is 9.88. The van der Waals surface area contributed by atoms with Gasteiger partial charge in [0.05, 0.1) is 36.5 Å². The number of rotatable bonds is 12. The fourth-order valence-corrected chi connectivity index (χ4v) is 7.27. The zero-order chi connectivity index (χ0) is 42.9. The van der Waals surface area contributed by atoms with E-state index in [-0.39, 0.29) is 50.3 Å². The Kier molecular flexibility index (Phi) is 14.1. The van der Waals surface area contributed by atoms with Crippen LogP contribution in [-0.4, -0.2) is 82.4 Å². The molecule has 0 radical (unpaired) electrons. The molecule has 4 aromatic carbocycles.